The van der Waals surface area contributed by atoms with Gasteiger partial charge in [0.2, 0.25) is 5.89 Å². The van der Waals surface area contributed by atoms with Gasteiger partial charge in [0.25, 0.3) is 5.91 Å². The van der Waals surface area contributed by atoms with E-state index in [2.05, 4.69) is 4.98 Å². The van der Waals surface area contributed by atoms with Gasteiger partial charge in [0.15, 0.2) is 5.58 Å². The molecule has 0 saturated heterocycles. The van der Waals surface area contributed by atoms with E-state index in [0.29, 0.717) is 18.0 Å². The van der Waals surface area contributed by atoms with Crippen LogP contribution >= 0.6 is 0 Å². The van der Waals surface area contributed by atoms with Crippen molar-refractivity contribution in [3.8, 4) is 17.2 Å². The van der Waals surface area contributed by atoms with E-state index < -0.39 is 0 Å². The van der Waals surface area contributed by atoms with E-state index in [1.807, 2.05) is 66.7 Å². The molecule has 132 valence electrons. The first-order valence-corrected chi connectivity index (χ1v) is 8.68. The van der Waals surface area contributed by atoms with Gasteiger partial charge in [-0.15, -0.1) is 0 Å². The van der Waals surface area contributed by atoms with Crippen LogP contribution in [0.4, 0.5) is 5.69 Å². The third-order valence-corrected chi connectivity index (χ3v) is 4.84. The van der Waals surface area contributed by atoms with Crippen molar-refractivity contribution in [1.82, 2.24) is 4.98 Å². The van der Waals surface area contributed by atoms with Gasteiger partial charge in [-0.05, 0) is 48.0 Å². The lowest BCUT2D eigenvalue weighted by Gasteiger charge is -2.15. The lowest BCUT2D eigenvalue weighted by atomic mass is 10.1. The highest BCUT2D eigenvalue weighted by Crippen LogP contribution is 2.32. The van der Waals surface area contributed by atoms with Crippen molar-refractivity contribution >= 4 is 22.7 Å². The number of carbonyl (C=O) groups is 1. The van der Waals surface area contributed by atoms with Crippen molar-refractivity contribution in [2.24, 2.45) is 0 Å². The molecule has 0 radical (unpaired) electrons. The minimum Gasteiger partial charge on any atom is -0.497 e. The molecule has 0 atom stereocenters. The molecule has 1 aromatic heterocycles. The minimum atomic E-state index is 0.0137. The average Bonchev–Trinajstić information content (AvgIpc) is 3.29. The molecule has 0 aliphatic carbocycles. The molecule has 3 aromatic carbocycles. The van der Waals surface area contributed by atoms with Gasteiger partial charge in [0.05, 0.1) is 13.7 Å². The number of aromatic nitrogens is 1. The van der Waals surface area contributed by atoms with E-state index in [1.165, 1.54) is 0 Å². The summed E-state index contributed by atoms with van der Waals surface area (Å²) in [4.78, 5) is 19.0. The second kappa shape index (κ2) is 5.99. The molecule has 4 aromatic rings. The SMILES string of the molecule is COc1ccc(-c2nc3ccc(N4Cc5ccccc5C4=O)cc3o2)cc1. The van der Waals surface area contributed by atoms with Gasteiger partial charge in [0.1, 0.15) is 11.3 Å². The zero-order valence-electron chi connectivity index (χ0n) is 14.7. The van der Waals surface area contributed by atoms with Crippen LogP contribution in [-0.4, -0.2) is 18.0 Å². The maximum Gasteiger partial charge on any atom is 0.258 e. The lowest BCUT2D eigenvalue weighted by Crippen LogP contribution is -2.22. The molecule has 1 amide bonds. The fourth-order valence-corrected chi connectivity index (χ4v) is 3.40. The number of amides is 1. The zero-order chi connectivity index (χ0) is 18.4. The van der Waals surface area contributed by atoms with Gasteiger partial charge in [-0.2, -0.15) is 0 Å². The zero-order valence-corrected chi connectivity index (χ0v) is 14.7. The van der Waals surface area contributed by atoms with E-state index >= 15 is 0 Å². The molecule has 0 N–H and O–H groups in total. The Morgan fingerprint density at radius 1 is 1.04 bits per heavy atom. The summed E-state index contributed by atoms with van der Waals surface area (Å²) in [5.74, 6) is 1.34. The standard InChI is InChI=1S/C22H16N2O3/c1-26-17-9-6-14(7-10-17)21-23-19-11-8-16(12-20(19)27-21)24-13-15-4-2-3-5-18(15)22(24)25/h2-12H,13H2,1H3. The number of benzene rings is 3. The number of oxazole rings is 1. The first-order chi connectivity index (χ1) is 13.2. The summed E-state index contributed by atoms with van der Waals surface area (Å²) in [7, 11) is 1.63. The fourth-order valence-electron chi connectivity index (χ4n) is 3.40. The van der Waals surface area contributed by atoms with Gasteiger partial charge in [-0.1, -0.05) is 18.2 Å². The van der Waals surface area contributed by atoms with Gasteiger partial charge in [-0.25, -0.2) is 4.98 Å². The summed E-state index contributed by atoms with van der Waals surface area (Å²) in [5.41, 5.74) is 4.89. The molecule has 1 aliphatic heterocycles. The number of anilines is 1. The summed E-state index contributed by atoms with van der Waals surface area (Å²) >= 11 is 0. The Labute approximate surface area is 155 Å². The third-order valence-electron chi connectivity index (χ3n) is 4.84. The Morgan fingerprint density at radius 2 is 1.85 bits per heavy atom. The van der Waals surface area contributed by atoms with Crippen molar-refractivity contribution < 1.29 is 13.9 Å². The molecule has 0 unspecified atom stereocenters. The maximum absolute atomic E-state index is 12.7. The minimum absolute atomic E-state index is 0.0137. The van der Waals surface area contributed by atoms with Crippen LogP contribution in [0.3, 0.4) is 0 Å². The highest BCUT2D eigenvalue weighted by Gasteiger charge is 2.28. The third kappa shape index (κ3) is 2.56. The van der Waals surface area contributed by atoms with Gasteiger partial charge in [0, 0.05) is 22.9 Å². The number of nitrogens with zero attached hydrogens (tertiary/aromatic N) is 2. The second-order valence-electron chi connectivity index (χ2n) is 6.45. The molecule has 5 rings (SSSR count). The van der Waals surface area contributed by atoms with Crippen molar-refractivity contribution in [3.63, 3.8) is 0 Å². The van der Waals surface area contributed by atoms with E-state index in [4.69, 9.17) is 9.15 Å². The van der Waals surface area contributed by atoms with Crippen molar-refractivity contribution in [1.29, 1.82) is 0 Å². The number of carbonyl (C=O) groups excluding carboxylic acids is 1. The molecular weight excluding hydrogens is 340 g/mol. The van der Waals surface area contributed by atoms with Crippen LogP contribution < -0.4 is 9.64 Å². The highest BCUT2D eigenvalue weighted by atomic mass is 16.5. The monoisotopic (exact) mass is 356 g/mol. The van der Waals surface area contributed by atoms with Crippen molar-refractivity contribution in [2.45, 2.75) is 6.54 Å². The first kappa shape index (κ1) is 15.6. The summed E-state index contributed by atoms with van der Waals surface area (Å²) in [6, 6.07) is 20.9. The van der Waals surface area contributed by atoms with Crippen molar-refractivity contribution in [3.05, 3.63) is 77.9 Å². The Morgan fingerprint density at radius 3 is 2.63 bits per heavy atom. The largest absolute Gasteiger partial charge is 0.497 e. The second-order valence-corrected chi connectivity index (χ2v) is 6.45. The van der Waals surface area contributed by atoms with Crippen LogP contribution in [0.2, 0.25) is 0 Å². The summed E-state index contributed by atoms with van der Waals surface area (Å²) in [6.45, 7) is 0.569. The quantitative estimate of drug-likeness (QED) is 0.535. The van der Waals surface area contributed by atoms with Gasteiger partial charge >= 0.3 is 0 Å². The Hall–Kier alpha value is -3.60. The van der Waals surface area contributed by atoms with Gasteiger partial charge < -0.3 is 14.1 Å². The molecular formula is C22H16N2O3. The molecule has 0 bridgehead atoms. The molecule has 27 heavy (non-hydrogen) atoms. The number of hydrogen-bond donors (Lipinski definition) is 0. The van der Waals surface area contributed by atoms with E-state index in [0.717, 1.165) is 33.6 Å². The van der Waals surface area contributed by atoms with E-state index in [9.17, 15) is 4.79 Å². The van der Waals surface area contributed by atoms with Crippen LogP contribution in [0.5, 0.6) is 5.75 Å². The fraction of sp³-hybridized carbons (Fsp3) is 0.0909. The number of rotatable bonds is 3. The van der Waals surface area contributed by atoms with E-state index in [-0.39, 0.29) is 5.91 Å². The van der Waals surface area contributed by atoms with Crippen LogP contribution in [0.25, 0.3) is 22.6 Å². The van der Waals surface area contributed by atoms with Crippen molar-refractivity contribution in [2.75, 3.05) is 12.0 Å². The number of methoxy groups -OCH3 is 1. The normalized spacial score (nSPS) is 13.2. The molecule has 0 saturated carbocycles. The molecule has 5 nitrogen and oxygen atoms in total. The predicted octanol–water partition coefficient (Wildman–Crippen LogP) is 4.66. The molecule has 0 fully saturated rings. The van der Waals surface area contributed by atoms with Crippen LogP contribution in [-0.2, 0) is 6.54 Å². The van der Waals surface area contributed by atoms with E-state index in [1.54, 1.807) is 12.0 Å². The Bertz CT molecular complexity index is 1160. The summed E-state index contributed by atoms with van der Waals surface area (Å²) in [6.07, 6.45) is 0. The number of fused-ring (bicyclic) bond motifs is 2. The summed E-state index contributed by atoms with van der Waals surface area (Å²) in [5, 5.41) is 0. The number of ether oxygens (including phenoxy) is 1. The lowest BCUT2D eigenvalue weighted by molar-refractivity contribution is 0.0996. The van der Waals surface area contributed by atoms with Gasteiger partial charge in [-0.3, -0.25) is 4.79 Å². The average molecular weight is 356 g/mol. The van der Waals surface area contributed by atoms with Crippen LogP contribution in [0.1, 0.15) is 15.9 Å². The maximum atomic E-state index is 12.7. The Balaban J connectivity index is 1.50. The molecule has 0 spiro atoms. The topological polar surface area (TPSA) is 55.6 Å². The first-order valence-electron chi connectivity index (χ1n) is 8.68. The van der Waals surface area contributed by atoms with Crippen LogP contribution in [0, 0.1) is 0 Å². The molecule has 5 heteroatoms. The van der Waals surface area contributed by atoms with Crippen LogP contribution in [0.15, 0.2) is 71.1 Å². The smallest absolute Gasteiger partial charge is 0.258 e. The summed E-state index contributed by atoms with van der Waals surface area (Å²) < 4.78 is 11.1. The number of hydrogen-bond acceptors (Lipinski definition) is 4. The highest BCUT2D eigenvalue weighted by molar-refractivity contribution is 6.10. The predicted molar refractivity (Wildman–Crippen MR) is 103 cm³/mol. The molecule has 1 aliphatic rings. The molecule has 2 heterocycles. The Kier molecular flexibility index (Phi) is 3.47.